The van der Waals surface area contributed by atoms with Gasteiger partial charge in [-0.3, -0.25) is 14.4 Å². The standard InChI is InChI=1S/C26H29N3O5/c1-33-21-11-9-20(10-12-21)26(19-7-8-19)27-23(30)17-34-25(32)14-13-24(31)29-16-15-22(28-29)18-5-3-2-4-6-18/h2-6,9-12,19,26H,7-8,13-17H2,1H3,(H,27,30). The lowest BCUT2D eigenvalue weighted by atomic mass is 10.0. The van der Waals surface area contributed by atoms with E-state index in [0.29, 0.717) is 18.9 Å². The molecule has 1 fully saturated rings. The van der Waals surface area contributed by atoms with E-state index in [1.54, 1.807) is 7.11 Å². The number of carbonyl (C=O) groups is 3. The summed E-state index contributed by atoms with van der Waals surface area (Å²) in [5.74, 6) is -0.0384. The van der Waals surface area contributed by atoms with E-state index in [1.165, 1.54) is 5.01 Å². The van der Waals surface area contributed by atoms with Gasteiger partial charge in [0.2, 0.25) is 5.91 Å². The van der Waals surface area contributed by atoms with Crippen molar-refractivity contribution in [1.29, 1.82) is 0 Å². The maximum absolute atomic E-state index is 12.4. The Bertz CT molecular complexity index is 1050. The summed E-state index contributed by atoms with van der Waals surface area (Å²) in [6, 6.07) is 17.2. The van der Waals surface area contributed by atoms with Gasteiger partial charge in [-0.05, 0) is 42.0 Å². The number of rotatable bonds is 10. The molecule has 0 aromatic heterocycles. The molecule has 8 nitrogen and oxygen atoms in total. The van der Waals surface area contributed by atoms with Crippen LogP contribution in [0.4, 0.5) is 0 Å². The molecule has 34 heavy (non-hydrogen) atoms. The molecule has 2 aromatic rings. The number of methoxy groups -OCH3 is 1. The third-order valence-electron chi connectivity index (χ3n) is 5.99. The largest absolute Gasteiger partial charge is 0.497 e. The van der Waals surface area contributed by atoms with E-state index < -0.39 is 5.97 Å². The molecule has 1 N–H and O–H groups in total. The highest BCUT2D eigenvalue weighted by Crippen LogP contribution is 2.41. The Labute approximate surface area is 198 Å². The van der Waals surface area contributed by atoms with Crippen molar-refractivity contribution in [3.63, 3.8) is 0 Å². The van der Waals surface area contributed by atoms with E-state index >= 15 is 0 Å². The number of esters is 1. The van der Waals surface area contributed by atoms with Crippen molar-refractivity contribution in [2.75, 3.05) is 20.3 Å². The first-order valence-corrected chi connectivity index (χ1v) is 11.6. The van der Waals surface area contributed by atoms with Crippen molar-refractivity contribution in [3.8, 4) is 5.75 Å². The molecule has 2 aliphatic rings. The van der Waals surface area contributed by atoms with Crippen LogP contribution in [0.1, 0.15) is 49.3 Å². The van der Waals surface area contributed by atoms with Crippen molar-refractivity contribution in [3.05, 3.63) is 65.7 Å². The molecule has 0 saturated heterocycles. The number of ether oxygens (including phenoxy) is 2. The first kappa shape index (κ1) is 23.5. The molecule has 1 unspecified atom stereocenters. The highest BCUT2D eigenvalue weighted by Gasteiger charge is 2.33. The van der Waals surface area contributed by atoms with Gasteiger partial charge in [-0.1, -0.05) is 42.5 Å². The van der Waals surface area contributed by atoms with Crippen LogP contribution in [0.5, 0.6) is 5.75 Å². The number of hydrogen-bond donors (Lipinski definition) is 1. The van der Waals surface area contributed by atoms with Crippen LogP contribution >= 0.6 is 0 Å². The van der Waals surface area contributed by atoms with Gasteiger partial charge in [-0.25, -0.2) is 5.01 Å². The van der Waals surface area contributed by atoms with Gasteiger partial charge in [0, 0.05) is 12.8 Å². The Balaban J connectivity index is 1.20. The lowest BCUT2D eigenvalue weighted by molar-refractivity contribution is -0.150. The minimum Gasteiger partial charge on any atom is -0.497 e. The van der Waals surface area contributed by atoms with E-state index in [-0.39, 0.29) is 37.3 Å². The Morgan fingerprint density at radius 1 is 1.06 bits per heavy atom. The molecule has 1 atom stereocenters. The number of hydrazone groups is 1. The first-order chi connectivity index (χ1) is 16.5. The Morgan fingerprint density at radius 2 is 1.79 bits per heavy atom. The smallest absolute Gasteiger partial charge is 0.306 e. The molecule has 0 spiro atoms. The van der Waals surface area contributed by atoms with Crippen molar-refractivity contribution in [1.82, 2.24) is 10.3 Å². The highest BCUT2D eigenvalue weighted by atomic mass is 16.5. The van der Waals surface area contributed by atoms with Crippen LogP contribution in [0.25, 0.3) is 0 Å². The second-order valence-electron chi connectivity index (χ2n) is 8.50. The molecule has 1 aliphatic heterocycles. The molecule has 2 amide bonds. The summed E-state index contributed by atoms with van der Waals surface area (Å²) in [5.41, 5.74) is 2.84. The van der Waals surface area contributed by atoms with Crippen LogP contribution in [0.2, 0.25) is 0 Å². The van der Waals surface area contributed by atoms with Crippen molar-refractivity contribution in [2.45, 2.75) is 38.1 Å². The molecule has 0 bridgehead atoms. The van der Waals surface area contributed by atoms with Gasteiger partial charge in [0.15, 0.2) is 6.61 Å². The number of hydrogen-bond acceptors (Lipinski definition) is 6. The summed E-state index contributed by atoms with van der Waals surface area (Å²) < 4.78 is 10.3. The Hall–Kier alpha value is -3.68. The lowest BCUT2D eigenvalue weighted by Gasteiger charge is -2.19. The maximum Gasteiger partial charge on any atom is 0.306 e. The SMILES string of the molecule is COc1ccc(C(NC(=O)COC(=O)CCC(=O)N2CCC(c3ccccc3)=N2)C2CC2)cc1. The van der Waals surface area contributed by atoms with Crippen LogP contribution in [0, 0.1) is 5.92 Å². The fraction of sp³-hybridized carbons (Fsp3) is 0.385. The second kappa shape index (κ2) is 11.0. The van der Waals surface area contributed by atoms with E-state index in [2.05, 4.69) is 10.4 Å². The average Bonchev–Trinajstić information content (AvgIpc) is 3.60. The molecule has 0 radical (unpaired) electrons. The molecule has 1 saturated carbocycles. The average molecular weight is 464 g/mol. The van der Waals surface area contributed by atoms with E-state index in [0.717, 1.165) is 35.4 Å². The fourth-order valence-electron chi connectivity index (χ4n) is 3.96. The Kier molecular flexibility index (Phi) is 7.57. The highest BCUT2D eigenvalue weighted by molar-refractivity contribution is 6.02. The van der Waals surface area contributed by atoms with Crippen molar-refractivity contribution >= 4 is 23.5 Å². The van der Waals surface area contributed by atoms with Crippen LogP contribution in [-0.4, -0.2) is 48.8 Å². The zero-order valence-corrected chi connectivity index (χ0v) is 19.2. The van der Waals surface area contributed by atoms with Crippen LogP contribution in [-0.2, 0) is 19.1 Å². The van der Waals surface area contributed by atoms with Gasteiger partial charge in [-0.15, -0.1) is 0 Å². The lowest BCUT2D eigenvalue weighted by Crippen LogP contribution is -2.33. The van der Waals surface area contributed by atoms with Crippen LogP contribution < -0.4 is 10.1 Å². The van der Waals surface area contributed by atoms with Crippen molar-refractivity contribution < 1.29 is 23.9 Å². The summed E-state index contributed by atoms with van der Waals surface area (Å²) in [6.45, 7) is 0.126. The monoisotopic (exact) mass is 463 g/mol. The molecule has 4 rings (SSSR count). The van der Waals surface area contributed by atoms with E-state index in [4.69, 9.17) is 9.47 Å². The van der Waals surface area contributed by atoms with Gasteiger partial charge in [-0.2, -0.15) is 5.10 Å². The van der Waals surface area contributed by atoms with Gasteiger partial charge in [0.25, 0.3) is 5.91 Å². The minimum atomic E-state index is -0.581. The van der Waals surface area contributed by atoms with Crippen molar-refractivity contribution in [2.24, 2.45) is 11.0 Å². The topological polar surface area (TPSA) is 97.3 Å². The molecule has 1 heterocycles. The van der Waals surface area contributed by atoms with Crippen LogP contribution in [0.15, 0.2) is 59.7 Å². The third kappa shape index (κ3) is 6.21. The number of nitrogens with one attached hydrogen (secondary N) is 1. The van der Waals surface area contributed by atoms with E-state index in [9.17, 15) is 14.4 Å². The number of amides is 2. The quantitative estimate of drug-likeness (QED) is 0.546. The zero-order valence-electron chi connectivity index (χ0n) is 19.2. The molecule has 8 heteroatoms. The summed E-state index contributed by atoms with van der Waals surface area (Å²) in [7, 11) is 1.61. The number of nitrogens with zero attached hydrogens (tertiary/aromatic N) is 2. The maximum atomic E-state index is 12.4. The molecular formula is C26H29N3O5. The first-order valence-electron chi connectivity index (χ1n) is 11.6. The molecule has 1 aliphatic carbocycles. The summed E-state index contributed by atoms with van der Waals surface area (Å²) in [6.07, 6.45) is 2.66. The van der Waals surface area contributed by atoms with Gasteiger partial charge in [0.1, 0.15) is 5.75 Å². The summed E-state index contributed by atoms with van der Waals surface area (Å²) >= 11 is 0. The predicted molar refractivity (Wildman–Crippen MR) is 126 cm³/mol. The summed E-state index contributed by atoms with van der Waals surface area (Å²) in [5, 5.41) is 8.75. The second-order valence-corrected chi connectivity index (χ2v) is 8.50. The number of carbonyl (C=O) groups excluding carboxylic acids is 3. The fourth-order valence-corrected chi connectivity index (χ4v) is 3.96. The van der Waals surface area contributed by atoms with E-state index in [1.807, 2.05) is 54.6 Å². The molecule has 2 aromatic carbocycles. The van der Waals surface area contributed by atoms with Gasteiger partial charge < -0.3 is 14.8 Å². The third-order valence-corrected chi connectivity index (χ3v) is 5.99. The normalized spacial score (nSPS) is 15.9. The number of benzene rings is 2. The van der Waals surface area contributed by atoms with Gasteiger partial charge >= 0.3 is 5.97 Å². The Morgan fingerprint density at radius 3 is 2.47 bits per heavy atom. The molecule has 178 valence electrons. The summed E-state index contributed by atoms with van der Waals surface area (Å²) in [4.78, 5) is 36.9. The minimum absolute atomic E-state index is 0.0113. The van der Waals surface area contributed by atoms with Crippen LogP contribution in [0.3, 0.4) is 0 Å². The van der Waals surface area contributed by atoms with Gasteiger partial charge in [0.05, 0.1) is 31.8 Å². The zero-order chi connectivity index (χ0) is 23.9. The predicted octanol–water partition coefficient (Wildman–Crippen LogP) is 3.22. The molecular weight excluding hydrogens is 434 g/mol.